The normalized spacial score (nSPS) is 10.9. The van der Waals surface area contributed by atoms with Crippen molar-refractivity contribution in [2.45, 2.75) is 12.8 Å². The van der Waals surface area contributed by atoms with E-state index in [0.717, 1.165) is 5.82 Å². The van der Waals surface area contributed by atoms with Gasteiger partial charge in [-0.3, -0.25) is 19.1 Å². The minimum absolute atomic E-state index is 0.0468. The van der Waals surface area contributed by atoms with Crippen LogP contribution >= 0.6 is 11.3 Å². The topological polar surface area (TPSA) is 105 Å². The highest BCUT2D eigenvalue weighted by molar-refractivity contribution is 7.15. The minimum atomic E-state index is -0.411. The van der Waals surface area contributed by atoms with Crippen LogP contribution in [0.5, 0.6) is 0 Å². The van der Waals surface area contributed by atoms with Crippen LogP contribution in [0.3, 0.4) is 0 Å². The minimum Gasteiger partial charge on any atom is -0.352 e. The van der Waals surface area contributed by atoms with Gasteiger partial charge in [-0.15, -0.1) is 11.3 Å². The van der Waals surface area contributed by atoms with E-state index in [4.69, 9.17) is 0 Å². The van der Waals surface area contributed by atoms with Gasteiger partial charge in [0.1, 0.15) is 17.7 Å². The SMILES string of the molecule is O=C(NCCCc1ncn[nH]1)c1cnc2sccn2c1=O. The summed E-state index contributed by atoms with van der Waals surface area (Å²) in [5.41, 5.74) is -0.306. The third kappa shape index (κ3) is 2.82. The lowest BCUT2D eigenvalue weighted by Crippen LogP contribution is -2.31. The first kappa shape index (κ1) is 13.4. The fourth-order valence-corrected chi connectivity index (χ4v) is 2.56. The van der Waals surface area contributed by atoms with E-state index in [0.29, 0.717) is 24.3 Å². The van der Waals surface area contributed by atoms with Crippen LogP contribution in [0, 0.1) is 0 Å². The molecule has 0 spiro atoms. The zero-order valence-electron chi connectivity index (χ0n) is 10.9. The summed E-state index contributed by atoms with van der Waals surface area (Å²) in [6.45, 7) is 0.450. The van der Waals surface area contributed by atoms with E-state index >= 15 is 0 Å². The van der Waals surface area contributed by atoms with Crippen LogP contribution in [0.15, 0.2) is 28.9 Å². The van der Waals surface area contributed by atoms with E-state index in [1.54, 1.807) is 11.6 Å². The number of carbonyl (C=O) groups excluding carboxylic acids is 1. The van der Waals surface area contributed by atoms with Crippen LogP contribution in [0.25, 0.3) is 4.96 Å². The lowest BCUT2D eigenvalue weighted by Gasteiger charge is -2.04. The number of aromatic amines is 1. The first-order chi connectivity index (χ1) is 10.3. The second kappa shape index (κ2) is 5.83. The second-order valence-electron chi connectivity index (χ2n) is 4.32. The molecular formula is C12H12N6O2S. The van der Waals surface area contributed by atoms with E-state index in [9.17, 15) is 9.59 Å². The Bertz CT molecular complexity index is 807. The fraction of sp³-hybridized carbons (Fsp3) is 0.250. The average Bonchev–Trinajstić information content (AvgIpc) is 3.15. The molecule has 2 N–H and O–H groups in total. The number of rotatable bonds is 5. The average molecular weight is 304 g/mol. The van der Waals surface area contributed by atoms with E-state index in [-0.39, 0.29) is 11.1 Å². The number of H-pyrrole nitrogens is 1. The molecule has 21 heavy (non-hydrogen) atoms. The summed E-state index contributed by atoms with van der Waals surface area (Å²) in [5, 5.41) is 11.0. The van der Waals surface area contributed by atoms with Crippen LogP contribution in [0.4, 0.5) is 0 Å². The first-order valence-electron chi connectivity index (χ1n) is 6.33. The molecule has 3 rings (SSSR count). The number of nitrogens with one attached hydrogen (secondary N) is 2. The van der Waals surface area contributed by atoms with E-state index in [1.807, 2.05) is 0 Å². The third-order valence-electron chi connectivity index (χ3n) is 2.93. The zero-order chi connectivity index (χ0) is 14.7. The Morgan fingerprint density at radius 3 is 3.14 bits per heavy atom. The highest BCUT2D eigenvalue weighted by atomic mass is 32.1. The summed E-state index contributed by atoms with van der Waals surface area (Å²) in [5.74, 6) is 0.358. The van der Waals surface area contributed by atoms with Gasteiger partial charge in [-0.25, -0.2) is 9.97 Å². The number of carbonyl (C=O) groups is 1. The lowest BCUT2D eigenvalue weighted by molar-refractivity contribution is 0.0951. The number of aromatic nitrogens is 5. The smallest absolute Gasteiger partial charge is 0.271 e. The molecule has 1 amide bonds. The Morgan fingerprint density at radius 1 is 1.43 bits per heavy atom. The molecule has 3 heterocycles. The number of hydrogen-bond donors (Lipinski definition) is 2. The van der Waals surface area contributed by atoms with Gasteiger partial charge in [0, 0.05) is 30.7 Å². The molecule has 108 valence electrons. The van der Waals surface area contributed by atoms with Crippen molar-refractivity contribution in [3.05, 3.63) is 45.8 Å². The standard InChI is InChI=1S/C12H12N6O2S/c19-10(13-3-1-2-9-15-7-16-17-9)8-6-14-12-18(11(8)20)4-5-21-12/h4-7H,1-3H2,(H,13,19)(H,15,16,17). The van der Waals surface area contributed by atoms with E-state index < -0.39 is 5.91 Å². The lowest BCUT2D eigenvalue weighted by atomic mass is 10.2. The van der Waals surface area contributed by atoms with E-state index in [2.05, 4.69) is 25.5 Å². The molecule has 9 heteroatoms. The molecule has 0 radical (unpaired) electrons. The molecule has 0 saturated heterocycles. The Balaban J connectivity index is 1.61. The molecule has 0 bridgehead atoms. The van der Waals surface area contributed by atoms with Gasteiger partial charge < -0.3 is 5.32 Å². The van der Waals surface area contributed by atoms with Gasteiger partial charge in [-0.1, -0.05) is 0 Å². The van der Waals surface area contributed by atoms with Crippen LogP contribution in [-0.4, -0.2) is 37.0 Å². The molecule has 0 aliphatic rings. The Kier molecular flexibility index (Phi) is 3.73. The van der Waals surface area contributed by atoms with Crippen molar-refractivity contribution in [1.82, 2.24) is 29.9 Å². The number of thiazole rings is 1. The van der Waals surface area contributed by atoms with Crippen LogP contribution in [0.2, 0.25) is 0 Å². The molecule has 0 aromatic carbocycles. The molecule has 0 aliphatic carbocycles. The van der Waals surface area contributed by atoms with Gasteiger partial charge in [-0.05, 0) is 6.42 Å². The summed E-state index contributed by atoms with van der Waals surface area (Å²) < 4.78 is 1.37. The van der Waals surface area contributed by atoms with Crippen molar-refractivity contribution >= 4 is 22.2 Å². The number of nitrogens with zero attached hydrogens (tertiary/aromatic N) is 4. The van der Waals surface area contributed by atoms with Crippen LogP contribution in [-0.2, 0) is 6.42 Å². The van der Waals surface area contributed by atoms with Crippen LogP contribution in [0.1, 0.15) is 22.6 Å². The molecule has 0 aliphatic heterocycles. The molecule has 0 fully saturated rings. The van der Waals surface area contributed by atoms with Gasteiger partial charge in [0.2, 0.25) is 0 Å². The van der Waals surface area contributed by atoms with Crippen molar-refractivity contribution < 1.29 is 4.79 Å². The highest BCUT2D eigenvalue weighted by Crippen LogP contribution is 2.05. The van der Waals surface area contributed by atoms with Crippen LogP contribution < -0.4 is 10.9 Å². The molecule has 3 aromatic heterocycles. The zero-order valence-corrected chi connectivity index (χ0v) is 11.8. The van der Waals surface area contributed by atoms with Crippen molar-refractivity contribution in [3.63, 3.8) is 0 Å². The van der Waals surface area contributed by atoms with Gasteiger partial charge >= 0.3 is 0 Å². The molecule has 8 nitrogen and oxygen atoms in total. The summed E-state index contributed by atoms with van der Waals surface area (Å²) in [4.78, 5) is 32.7. The number of aryl methyl sites for hydroxylation is 1. The van der Waals surface area contributed by atoms with Crippen molar-refractivity contribution in [3.8, 4) is 0 Å². The second-order valence-corrected chi connectivity index (χ2v) is 5.20. The monoisotopic (exact) mass is 304 g/mol. The van der Waals surface area contributed by atoms with Gasteiger partial charge in [-0.2, -0.15) is 5.10 Å². The maximum atomic E-state index is 12.1. The van der Waals surface area contributed by atoms with Gasteiger partial charge in [0.05, 0.1) is 0 Å². The summed E-state index contributed by atoms with van der Waals surface area (Å²) in [6.07, 6.45) is 5.75. The molecular weight excluding hydrogens is 292 g/mol. The fourth-order valence-electron chi connectivity index (χ4n) is 1.88. The molecule has 0 atom stereocenters. The van der Waals surface area contributed by atoms with Crippen molar-refractivity contribution in [2.75, 3.05) is 6.54 Å². The summed E-state index contributed by atoms with van der Waals surface area (Å²) in [7, 11) is 0. The number of fused-ring (bicyclic) bond motifs is 1. The third-order valence-corrected chi connectivity index (χ3v) is 3.70. The molecule has 3 aromatic rings. The Morgan fingerprint density at radius 2 is 2.33 bits per heavy atom. The highest BCUT2D eigenvalue weighted by Gasteiger charge is 2.13. The van der Waals surface area contributed by atoms with Crippen molar-refractivity contribution in [2.24, 2.45) is 0 Å². The number of amides is 1. The van der Waals surface area contributed by atoms with E-state index in [1.165, 1.54) is 28.3 Å². The van der Waals surface area contributed by atoms with Gasteiger partial charge in [0.15, 0.2) is 4.96 Å². The maximum absolute atomic E-state index is 12.1. The van der Waals surface area contributed by atoms with Crippen molar-refractivity contribution in [1.29, 1.82) is 0 Å². The number of hydrogen-bond acceptors (Lipinski definition) is 6. The Labute approximate surface area is 122 Å². The Hall–Kier alpha value is -2.55. The summed E-state index contributed by atoms with van der Waals surface area (Å²) >= 11 is 1.35. The largest absolute Gasteiger partial charge is 0.352 e. The molecule has 0 saturated carbocycles. The molecule has 0 unspecified atom stereocenters. The first-order valence-corrected chi connectivity index (χ1v) is 7.21. The maximum Gasteiger partial charge on any atom is 0.271 e. The predicted octanol–water partition coefficient (Wildman–Crippen LogP) is 0.237. The summed E-state index contributed by atoms with van der Waals surface area (Å²) in [6, 6.07) is 0. The van der Waals surface area contributed by atoms with Gasteiger partial charge in [0.25, 0.3) is 11.5 Å². The quantitative estimate of drug-likeness (QED) is 0.657. The predicted molar refractivity (Wildman–Crippen MR) is 76.4 cm³/mol.